The fourth-order valence-corrected chi connectivity index (χ4v) is 3.13. The van der Waals surface area contributed by atoms with Crippen LogP contribution in [0.3, 0.4) is 0 Å². The van der Waals surface area contributed by atoms with Gasteiger partial charge < -0.3 is 4.90 Å². The van der Waals surface area contributed by atoms with E-state index in [4.69, 9.17) is 0 Å². The zero-order valence-corrected chi connectivity index (χ0v) is 11.7. The molecule has 0 radical (unpaired) electrons. The summed E-state index contributed by atoms with van der Waals surface area (Å²) in [5, 5.41) is 0. The van der Waals surface area contributed by atoms with Crippen molar-refractivity contribution in [2.24, 2.45) is 5.92 Å². The molecule has 2 saturated heterocycles. The van der Waals surface area contributed by atoms with E-state index in [1.165, 1.54) is 58.4 Å². The summed E-state index contributed by atoms with van der Waals surface area (Å²) in [4.78, 5) is 5.24. The third-order valence-corrected chi connectivity index (χ3v) is 4.27. The van der Waals surface area contributed by atoms with E-state index in [9.17, 15) is 0 Å². The average Bonchev–Trinajstić information content (AvgIpc) is 2.85. The Morgan fingerprint density at radius 3 is 2.29 bits per heavy atom. The monoisotopic (exact) mass is 254 g/mol. The van der Waals surface area contributed by atoms with Crippen LogP contribution in [-0.2, 0) is 0 Å². The Balaban J connectivity index is 1.61. The van der Waals surface area contributed by atoms with E-state index in [0.717, 1.165) is 18.2 Å². The van der Waals surface area contributed by atoms with E-state index in [1.807, 2.05) is 0 Å². The first-order valence-electron chi connectivity index (χ1n) is 7.09. The fraction of sp³-hybridized carbons (Fsp3) is 0.857. The molecule has 2 fully saturated rings. The first kappa shape index (κ1) is 13.4. The molecule has 0 bridgehead atoms. The Hall–Kier alpha value is 0.01000. The minimum Gasteiger partial charge on any atom is -0.303 e. The molecule has 0 aromatic rings. The number of likely N-dealkylation sites (tertiary alicyclic amines) is 2. The van der Waals surface area contributed by atoms with E-state index < -0.39 is 0 Å². The summed E-state index contributed by atoms with van der Waals surface area (Å²) >= 11 is 4.19. The molecule has 0 spiro atoms. The van der Waals surface area contributed by atoms with Crippen molar-refractivity contribution < 1.29 is 0 Å². The quantitative estimate of drug-likeness (QED) is 0.594. The van der Waals surface area contributed by atoms with Gasteiger partial charge in [0.05, 0.1) is 0 Å². The van der Waals surface area contributed by atoms with Crippen LogP contribution in [-0.4, -0.2) is 54.8 Å². The predicted octanol–water partition coefficient (Wildman–Crippen LogP) is 2.28. The fourth-order valence-electron chi connectivity index (χ4n) is 2.98. The van der Waals surface area contributed by atoms with Gasteiger partial charge in [-0.3, -0.25) is 4.90 Å². The van der Waals surface area contributed by atoms with E-state index in [0.29, 0.717) is 0 Å². The number of rotatable bonds is 5. The SMILES string of the molecule is SCC=CCN1CCC(CN2CCCC2)CC1. The Kier molecular flexibility index (Phi) is 5.89. The third-order valence-electron chi connectivity index (χ3n) is 4.06. The van der Waals surface area contributed by atoms with Crippen LogP contribution < -0.4 is 0 Å². The molecule has 0 aliphatic carbocycles. The maximum Gasteiger partial charge on any atom is 0.0163 e. The maximum absolute atomic E-state index is 4.19. The topological polar surface area (TPSA) is 6.48 Å². The summed E-state index contributed by atoms with van der Waals surface area (Å²) in [7, 11) is 0. The molecular weight excluding hydrogens is 228 g/mol. The van der Waals surface area contributed by atoms with Gasteiger partial charge in [-0.25, -0.2) is 0 Å². The predicted molar refractivity (Wildman–Crippen MR) is 77.8 cm³/mol. The second-order valence-electron chi connectivity index (χ2n) is 5.41. The van der Waals surface area contributed by atoms with Crippen molar-refractivity contribution in [3.05, 3.63) is 12.2 Å². The van der Waals surface area contributed by atoms with Crippen LogP contribution in [0.5, 0.6) is 0 Å². The summed E-state index contributed by atoms with van der Waals surface area (Å²) in [6, 6.07) is 0. The molecule has 17 heavy (non-hydrogen) atoms. The molecule has 2 aliphatic heterocycles. The summed E-state index contributed by atoms with van der Waals surface area (Å²) in [5.74, 6) is 1.82. The first-order valence-corrected chi connectivity index (χ1v) is 7.72. The second-order valence-corrected chi connectivity index (χ2v) is 5.77. The molecular formula is C14H26N2S. The molecule has 2 rings (SSSR count). The molecule has 3 heteroatoms. The van der Waals surface area contributed by atoms with Gasteiger partial charge in [0.15, 0.2) is 0 Å². The Morgan fingerprint density at radius 1 is 0.941 bits per heavy atom. The summed E-state index contributed by atoms with van der Waals surface area (Å²) in [6.07, 6.45) is 10.0. The molecule has 98 valence electrons. The van der Waals surface area contributed by atoms with Crippen molar-refractivity contribution in [3.8, 4) is 0 Å². The zero-order valence-electron chi connectivity index (χ0n) is 10.9. The van der Waals surface area contributed by atoms with Crippen LogP contribution in [0.4, 0.5) is 0 Å². The van der Waals surface area contributed by atoms with E-state index in [2.05, 4.69) is 34.6 Å². The highest BCUT2D eigenvalue weighted by molar-refractivity contribution is 7.80. The van der Waals surface area contributed by atoms with Crippen LogP contribution in [0.2, 0.25) is 0 Å². The van der Waals surface area contributed by atoms with Crippen LogP contribution >= 0.6 is 12.6 Å². The number of thiol groups is 1. The molecule has 0 amide bonds. The van der Waals surface area contributed by atoms with Gasteiger partial charge in [0.25, 0.3) is 0 Å². The van der Waals surface area contributed by atoms with Crippen molar-refractivity contribution in [2.75, 3.05) is 45.0 Å². The Labute approximate surface area is 111 Å². The van der Waals surface area contributed by atoms with Crippen molar-refractivity contribution in [2.45, 2.75) is 25.7 Å². The highest BCUT2D eigenvalue weighted by Crippen LogP contribution is 2.20. The molecule has 2 nitrogen and oxygen atoms in total. The third kappa shape index (κ3) is 4.65. The lowest BCUT2D eigenvalue weighted by Crippen LogP contribution is -2.38. The zero-order chi connectivity index (χ0) is 11.9. The first-order chi connectivity index (χ1) is 8.38. The molecule has 0 aromatic carbocycles. The Bertz CT molecular complexity index is 228. The van der Waals surface area contributed by atoms with E-state index in [-0.39, 0.29) is 0 Å². The maximum atomic E-state index is 4.19. The summed E-state index contributed by atoms with van der Waals surface area (Å²) < 4.78 is 0. The second kappa shape index (κ2) is 7.45. The number of hydrogen-bond donors (Lipinski definition) is 1. The Morgan fingerprint density at radius 2 is 1.65 bits per heavy atom. The number of piperidine rings is 1. The van der Waals surface area contributed by atoms with Crippen LogP contribution in [0.1, 0.15) is 25.7 Å². The van der Waals surface area contributed by atoms with Crippen LogP contribution in [0.15, 0.2) is 12.2 Å². The largest absolute Gasteiger partial charge is 0.303 e. The summed E-state index contributed by atoms with van der Waals surface area (Å²) in [5.41, 5.74) is 0. The number of hydrogen-bond acceptors (Lipinski definition) is 3. The molecule has 0 N–H and O–H groups in total. The van der Waals surface area contributed by atoms with Gasteiger partial charge in [-0.15, -0.1) is 0 Å². The molecule has 0 unspecified atom stereocenters. The van der Waals surface area contributed by atoms with E-state index >= 15 is 0 Å². The highest BCUT2D eigenvalue weighted by atomic mass is 32.1. The van der Waals surface area contributed by atoms with Gasteiger partial charge in [-0.1, -0.05) is 12.2 Å². The van der Waals surface area contributed by atoms with Crippen molar-refractivity contribution in [1.29, 1.82) is 0 Å². The number of nitrogens with zero attached hydrogens (tertiary/aromatic N) is 2. The van der Waals surface area contributed by atoms with Crippen LogP contribution in [0.25, 0.3) is 0 Å². The van der Waals surface area contributed by atoms with Gasteiger partial charge >= 0.3 is 0 Å². The average molecular weight is 254 g/mol. The van der Waals surface area contributed by atoms with E-state index in [1.54, 1.807) is 0 Å². The minimum atomic E-state index is 0.866. The standard InChI is InChI=1S/C14H26N2S/c17-12-4-3-7-15-10-5-14(6-11-15)13-16-8-1-2-9-16/h3-4,14,17H,1-2,5-13H2. The normalized spacial score (nSPS) is 25.0. The lowest BCUT2D eigenvalue weighted by Gasteiger charge is -2.33. The molecule has 2 heterocycles. The van der Waals surface area contributed by atoms with Gasteiger partial charge in [0.2, 0.25) is 0 Å². The molecule has 0 aromatic heterocycles. The van der Waals surface area contributed by atoms with Crippen molar-refractivity contribution in [1.82, 2.24) is 9.80 Å². The molecule has 2 aliphatic rings. The summed E-state index contributed by atoms with van der Waals surface area (Å²) in [6.45, 7) is 7.76. The van der Waals surface area contributed by atoms with Gasteiger partial charge in [-0.2, -0.15) is 12.6 Å². The van der Waals surface area contributed by atoms with Gasteiger partial charge in [-0.05, 0) is 57.8 Å². The smallest absolute Gasteiger partial charge is 0.0163 e. The lowest BCUT2D eigenvalue weighted by molar-refractivity contribution is 0.164. The van der Waals surface area contributed by atoms with Gasteiger partial charge in [0, 0.05) is 18.8 Å². The minimum absolute atomic E-state index is 0.866. The molecule has 0 atom stereocenters. The highest BCUT2D eigenvalue weighted by Gasteiger charge is 2.21. The lowest BCUT2D eigenvalue weighted by atomic mass is 9.96. The van der Waals surface area contributed by atoms with Crippen LogP contribution in [0, 0.1) is 5.92 Å². The van der Waals surface area contributed by atoms with Crippen molar-refractivity contribution >= 4 is 12.6 Å². The van der Waals surface area contributed by atoms with Crippen molar-refractivity contribution in [3.63, 3.8) is 0 Å². The van der Waals surface area contributed by atoms with Gasteiger partial charge in [0.1, 0.15) is 0 Å². The molecule has 0 saturated carbocycles.